The molecule has 0 bridgehead atoms. The van der Waals surface area contributed by atoms with Gasteiger partial charge < -0.3 is 18.5 Å². The van der Waals surface area contributed by atoms with Crippen LogP contribution in [0.15, 0.2) is 111 Å². The summed E-state index contributed by atoms with van der Waals surface area (Å²) in [6, 6.07) is 16.5. The standard InChI is InChI=1S/C11H14O2.2C8H12S.2C7H12N2.2C7H11NO.7C2H6/c1-11(2,3)8-4-5-9-10(6-8)13-7-12-9;1-8(2,3)7-4-5-9-6-7;1-8(2,3)7-5-4-6-9-7;1-7(2,3)6-4-8-9-5-6;1-7(2,3)6-4-5-8-9-6;1-7(2,3)6-4-8-9-5-6;1-7(2,3)6-4-5-9-8-6;7*1-2/h4-6H,7H2,1-3H3;2*4-6H,1-3H3;2*4-5H,1-3H3,(H,8,9);2*4-5H,1-3H3;7*1-2H3. The van der Waals surface area contributed by atoms with Crippen molar-refractivity contribution in [2.24, 2.45) is 0 Å². The molecule has 1 aromatic carbocycles. The van der Waals surface area contributed by atoms with Gasteiger partial charge in [0, 0.05) is 45.4 Å². The summed E-state index contributed by atoms with van der Waals surface area (Å²) in [5, 5.41) is 27.3. The molecule has 0 unspecified atom stereocenters. The van der Waals surface area contributed by atoms with Gasteiger partial charge in [-0.1, -0.05) is 265 Å². The molecule has 0 saturated heterocycles. The second-order valence-electron chi connectivity index (χ2n) is 23.6. The predicted molar refractivity (Wildman–Crippen MR) is 362 cm³/mol. The highest BCUT2D eigenvalue weighted by Crippen LogP contribution is 2.36. The molecule has 0 radical (unpaired) electrons. The molecule has 0 amide bonds. The highest BCUT2D eigenvalue weighted by molar-refractivity contribution is 7.10. The monoisotopic (exact) mass is 1170 g/mol. The number of rotatable bonds is 0. The Kier molecular flexibility index (Phi) is 50.2. The number of nitrogens with zero attached hydrogens (tertiary/aromatic N) is 4. The number of thiophene rings is 2. The molecule has 7 heterocycles. The molecule has 1 aliphatic rings. The van der Waals surface area contributed by atoms with Crippen molar-refractivity contribution >= 4 is 22.7 Å². The van der Waals surface area contributed by atoms with Crippen LogP contribution in [-0.4, -0.2) is 37.5 Å². The number of hydrogen-bond acceptors (Lipinski definition) is 10. The van der Waals surface area contributed by atoms with Crippen LogP contribution in [0.25, 0.3) is 0 Å². The van der Waals surface area contributed by atoms with Gasteiger partial charge in [0.2, 0.25) is 6.79 Å². The Bertz CT molecular complexity index is 1940. The number of aromatic nitrogens is 6. The molecule has 0 saturated carbocycles. The van der Waals surface area contributed by atoms with Crippen molar-refractivity contribution in [2.45, 2.75) is 280 Å². The van der Waals surface area contributed by atoms with Crippen molar-refractivity contribution in [1.82, 2.24) is 30.7 Å². The van der Waals surface area contributed by atoms with Crippen LogP contribution < -0.4 is 9.47 Å². The van der Waals surface area contributed by atoms with E-state index in [0.29, 0.717) is 17.6 Å². The maximum absolute atomic E-state index is 5.31. The summed E-state index contributed by atoms with van der Waals surface area (Å²) in [4.78, 5) is 1.46. The van der Waals surface area contributed by atoms with Crippen LogP contribution in [0.2, 0.25) is 0 Å². The maximum atomic E-state index is 5.31. The Labute approximate surface area is 508 Å². The second-order valence-corrected chi connectivity index (χ2v) is 25.3. The molecule has 8 rings (SSSR count). The van der Waals surface area contributed by atoms with Crippen molar-refractivity contribution in [3.8, 4) is 11.5 Å². The molecule has 2 N–H and O–H groups in total. The van der Waals surface area contributed by atoms with E-state index in [0.717, 1.165) is 22.8 Å². The Morgan fingerprint density at radius 1 is 0.457 bits per heavy atom. The molecule has 12 heteroatoms. The molecule has 0 fully saturated rings. The van der Waals surface area contributed by atoms with Gasteiger partial charge in [0.05, 0.1) is 18.1 Å². The molecule has 468 valence electrons. The summed E-state index contributed by atoms with van der Waals surface area (Å²) in [6.45, 7) is 73.9. The first-order valence-corrected chi connectivity index (χ1v) is 31.8. The van der Waals surface area contributed by atoms with Crippen molar-refractivity contribution < 1.29 is 18.5 Å². The lowest BCUT2D eigenvalue weighted by atomic mass is 9.87. The normalized spacial score (nSPS) is 10.8. The fourth-order valence-corrected chi connectivity index (χ4v) is 6.97. The zero-order valence-electron chi connectivity index (χ0n) is 58.8. The van der Waals surface area contributed by atoms with Gasteiger partial charge in [-0.2, -0.15) is 21.5 Å². The van der Waals surface area contributed by atoms with Gasteiger partial charge in [-0.15, -0.1) is 11.3 Å². The number of hydrogen-bond donors (Lipinski definition) is 2. The summed E-state index contributed by atoms with van der Waals surface area (Å²) in [5.74, 6) is 1.72. The summed E-state index contributed by atoms with van der Waals surface area (Å²) >= 11 is 3.60. The fraction of sp³-hybridized carbons (Fsp3) is 0.623. The van der Waals surface area contributed by atoms with Gasteiger partial charge in [0.1, 0.15) is 12.5 Å². The molecule has 0 atom stereocenters. The third-order valence-corrected chi connectivity index (χ3v) is 12.0. The Morgan fingerprint density at radius 3 is 1.23 bits per heavy atom. The van der Waals surface area contributed by atoms with Crippen LogP contribution in [0, 0.1) is 0 Å². The minimum Gasteiger partial charge on any atom is -0.454 e. The average molecular weight is 1170 g/mol. The molecule has 6 aromatic heterocycles. The first kappa shape index (κ1) is 87.3. The Hall–Kier alpha value is -4.94. The SMILES string of the molecule is CC.CC.CC.CC.CC.CC.CC.CC(C)(C)c1ccc2c(c1)OCO2.CC(C)(C)c1cccs1.CC(C)(C)c1ccn[nH]1.CC(C)(C)c1ccon1.CC(C)(C)c1ccsc1.CC(C)(C)c1cn[nH]c1.CC(C)(C)c1cnoc1. The van der Waals surface area contributed by atoms with Crippen molar-refractivity contribution in [3.05, 3.63) is 141 Å². The van der Waals surface area contributed by atoms with Gasteiger partial charge in [-0.25, -0.2) is 0 Å². The van der Waals surface area contributed by atoms with Crippen LogP contribution in [0.3, 0.4) is 0 Å². The molecular weight excluding hydrogens is 1040 g/mol. The minimum atomic E-state index is 0.118. The van der Waals surface area contributed by atoms with Gasteiger partial charge >= 0.3 is 0 Å². The largest absolute Gasteiger partial charge is 0.454 e. The highest BCUT2D eigenvalue weighted by atomic mass is 32.1. The van der Waals surface area contributed by atoms with Crippen LogP contribution in [0.1, 0.15) is 281 Å². The van der Waals surface area contributed by atoms with Crippen LogP contribution in [-0.2, 0) is 37.9 Å². The van der Waals surface area contributed by atoms with Crippen LogP contribution in [0.5, 0.6) is 11.5 Å². The fourth-order valence-electron chi connectivity index (χ4n) is 5.27. The van der Waals surface area contributed by atoms with E-state index in [1.807, 2.05) is 139 Å². The second kappa shape index (κ2) is 46.5. The maximum Gasteiger partial charge on any atom is 0.231 e. The number of fused-ring (bicyclic) bond motifs is 1. The first-order valence-electron chi connectivity index (χ1n) is 30.0. The smallest absolute Gasteiger partial charge is 0.231 e. The van der Waals surface area contributed by atoms with E-state index in [4.69, 9.17) is 18.5 Å². The van der Waals surface area contributed by atoms with E-state index < -0.39 is 0 Å². The van der Waals surface area contributed by atoms with E-state index in [-0.39, 0.29) is 27.1 Å². The number of benzene rings is 1. The zero-order chi connectivity index (χ0) is 64.9. The van der Waals surface area contributed by atoms with Gasteiger partial charge in [0.25, 0.3) is 0 Å². The number of aromatic amines is 2. The summed E-state index contributed by atoms with van der Waals surface area (Å²) in [6.07, 6.45) is 10.6. The summed E-state index contributed by atoms with van der Waals surface area (Å²) in [7, 11) is 0. The minimum absolute atomic E-state index is 0.118. The first-order chi connectivity index (χ1) is 37.7. The quantitative estimate of drug-likeness (QED) is 0.154. The van der Waals surface area contributed by atoms with Gasteiger partial charge in [-0.05, 0) is 90.2 Å². The zero-order valence-corrected chi connectivity index (χ0v) is 60.4. The lowest BCUT2D eigenvalue weighted by Gasteiger charge is -2.18. The average Bonchev–Trinajstić information content (AvgIpc) is 4.28. The van der Waals surface area contributed by atoms with E-state index in [1.54, 1.807) is 36.3 Å². The van der Waals surface area contributed by atoms with E-state index in [2.05, 4.69) is 223 Å². The summed E-state index contributed by atoms with van der Waals surface area (Å²) < 4.78 is 19.9. The lowest BCUT2D eigenvalue weighted by molar-refractivity contribution is 0.174. The molecule has 0 aliphatic carbocycles. The number of ether oxygens (including phenoxy) is 2. The van der Waals surface area contributed by atoms with Crippen LogP contribution in [0.4, 0.5) is 0 Å². The number of H-pyrrole nitrogens is 2. The van der Waals surface area contributed by atoms with Crippen molar-refractivity contribution in [3.63, 3.8) is 0 Å². The van der Waals surface area contributed by atoms with E-state index >= 15 is 0 Å². The number of nitrogens with one attached hydrogen (secondary N) is 2. The Balaban J connectivity index is -0.000000196. The third kappa shape index (κ3) is 41.7. The van der Waals surface area contributed by atoms with Gasteiger partial charge in [0.15, 0.2) is 11.5 Å². The summed E-state index contributed by atoms with van der Waals surface area (Å²) in [5.41, 5.74) is 8.85. The molecule has 0 spiro atoms. The molecular formula is C69H126N6O4S2. The highest BCUT2D eigenvalue weighted by Gasteiger charge is 2.20. The molecule has 81 heavy (non-hydrogen) atoms. The third-order valence-electron chi connectivity index (χ3n) is 10.1. The van der Waals surface area contributed by atoms with Crippen LogP contribution >= 0.6 is 22.7 Å². The topological polar surface area (TPSA) is 128 Å². The van der Waals surface area contributed by atoms with Crippen molar-refractivity contribution in [1.29, 1.82) is 0 Å². The molecule has 1 aliphatic heterocycles. The predicted octanol–water partition coefficient (Wildman–Crippen LogP) is 23.3. The Morgan fingerprint density at radius 2 is 0.975 bits per heavy atom. The van der Waals surface area contributed by atoms with E-state index in [1.165, 1.54) is 27.3 Å². The lowest BCUT2D eigenvalue weighted by Crippen LogP contribution is -2.11. The molecule has 7 aromatic rings. The molecule has 10 nitrogen and oxygen atoms in total. The van der Waals surface area contributed by atoms with Crippen molar-refractivity contribution in [2.75, 3.05) is 6.79 Å². The van der Waals surface area contributed by atoms with Gasteiger partial charge in [-0.3, -0.25) is 10.2 Å². The van der Waals surface area contributed by atoms with E-state index in [9.17, 15) is 0 Å².